The molecule has 3 heteroatoms. The Morgan fingerprint density at radius 2 is 1.92 bits per heavy atom. The maximum absolute atomic E-state index is 11.8. The van der Waals surface area contributed by atoms with Gasteiger partial charge in [0.2, 0.25) is 5.91 Å². The van der Waals surface area contributed by atoms with Gasteiger partial charge in [-0.1, -0.05) is 19.9 Å². The smallest absolute Gasteiger partial charge is 0.243 e. The molecule has 0 aromatic rings. The molecular weight excluding hydrogens is 298 g/mol. The summed E-state index contributed by atoms with van der Waals surface area (Å²) >= 11 is 0. The summed E-state index contributed by atoms with van der Waals surface area (Å²) in [7, 11) is 0. The highest BCUT2D eigenvalue weighted by atomic mass is 16.5. The molecule has 3 nitrogen and oxygen atoms in total. The van der Waals surface area contributed by atoms with E-state index in [0.717, 1.165) is 30.8 Å². The number of carbonyl (C=O) groups excluding carboxylic acids is 1. The van der Waals surface area contributed by atoms with Gasteiger partial charge in [0.05, 0.1) is 5.60 Å². The summed E-state index contributed by atoms with van der Waals surface area (Å²) in [6, 6.07) is 0.346. The lowest BCUT2D eigenvalue weighted by atomic mass is 9.47. The van der Waals surface area contributed by atoms with E-state index >= 15 is 0 Å². The molecule has 1 N–H and O–H groups in total. The second-order valence-corrected chi connectivity index (χ2v) is 9.66. The van der Waals surface area contributed by atoms with Crippen molar-refractivity contribution in [3.05, 3.63) is 12.2 Å². The summed E-state index contributed by atoms with van der Waals surface area (Å²) in [4.78, 5) is 11.8. The minimum absolute atomic E-state index is 0.107. The number of carbonyl (C=O) groups is 1. The third kappa shape index (κ3) is 1.75. The fraction of sp³-hybridized carbons (Fsp3) is 0.857. The van der Waals surface area contributed by atoms with Crippen molar-refractivity contribution in [3.63, 3.8) is 0 Å². The number of ether oxygens (including phenoxy) is 1. The Hall–Kier alpha value is -0.830. The van der Waals surface area contributed by atoms with Crippen LogP contribution in [0.2, 0.25) is 0 Å². The van der Waals surface area contributed by atoms with Crippen LogP contribution in [0.5, 0.6) is 0 Å². The van der Waals surface area contributed by atoms with Crippen LogP contribution < -0.4 is 5.32 Å². The largest absolute Gasteiger partial charge is 0.374 e. The van der Waals surface area contributed by atoms with Crippen LogP contribution in [0.15, 0.2) is 12.2 Å². The zero-order valence-corrected chi connectivity index (χ0v) is 15.1. The van der Waals surface area contributed by atoms with E-state index in [1.807, 2.05) is 0 Å². The zero-order chi connectivity index (χ0) is 16.6. The fourth-order valence-electron chi connectivity index (χ4n) is 7.77. The molecule has 1 amide bonds. The van der Waals surface area contributed by atoms with E-state index in [-0.39, 0.29) is 16.9 Å². The Kier molecular flexibility index (Phi) is 3.13. The molecule has 0 aromatic heterocycles. The predicted octanol–water partition coefficient (Wildman–Crippen LogP) is 3.83. The molecule has 1 spiro atoms. The number of fused-ring (bicyclic) bond motifs is 6. The van der Waals surface area contributed by atoms with Crippen molar-refractivity contribution >= 4 is 5.91 Å². The maximum atomic E-state index is 11.8. The van der Waals surface area contributed by atoms with Gasteiger partial charge in [0.15, 0.2) is 0 Å². The molecule has 0 bridgehead atoms. The SMILES string of the molecule is C[C@]12C=CC(=O)NC1CC[C@@H]1[C@@H]2CC[C@@]2(C)[C@H]1CC[C@@]21CCCO1. The van der Waals surface area contributed by atoms with Crippen LogP contribution in [-0.2, 0) is 9.53 Å². The molecule has 2 aliphatic heterocycles. The first kappa shape index (κ1) is 15.4. The molecule has 0 radical (unpaired) electrons. The Balaban J connectivity index is 1.49. The molecule has 24 heavy (non-hydrogen) atoms. The van der Waals surface area contributed by atoms with E-state index in [9.17, 15) is 4.79 Å². The van der Waals surface area contributed by atoms with Gasteiger partial charge in [0, 0.05) is 18.1 Å². The van der Waals surface area contributed by atoms with E-state index in [1.54, 1.807) is 6.08 Å². The molecule has 3 aliphatic carbocycles. The topological polar surface area (TPSA) is 38.3 Å². The molecule has 132 valence electrons. The van der Waals surface area contributed by atoms with Gasteiger partial charge in [-0.25, -0.2) is 0 Å². The summed E-state index contributed by atoms with van der Waals surface area (Å²) in [6.45, 7) is 5.94. The predicted molar refractivity (Wildman–Crippen MR) is 93.4 cm³/mol. The first-order valence-corrected chi connectivity index (χ1v) is 10.1. The van der Waals surface area contributed by atoms with Crippen molar-refractivity contribution in [3.8, 4) is 0 Å². The molecular formula is C21H31NO2. The minimum Gasteiger partial charge on any atom is -0.374 e. The second kappa shape index (κ2) is 4.87. The average Bonchev–Trinajstić information content (AvgIpc) is 3.15. The molecule has 7 atom stereocenters. The summed E-state index contributed by atoms with van der Waals surface area (Å²) in [5, 5.41) is 3.26. The van der Waals surface area contributed by atoms with Crippen molar-refractivity contribution in [1.29, 1.82) is 0 Å². The van der Waals surface area contributed by atoms with Gasteiger partial charge < -0.3 is 10.1 Å². The number of rotatable bonds is 0. The third-order valence-electron chi connectivity index (χ3n) is 9.08. The Labute approximate surface area is 145 Å². The number of nitrogens with one attached hydrogen (secondary N) is 1. The lowest BCUT2D eigenvalue weighted by Crippen LogP contribution is -2.60. The van der Waals surface area contributed by atoms with Crippen LogP contribution in [0.4, 0.5) is 0 Å². The molecule has 1 unspecified atom stereocenters. The van der Waals surface area contributed by atoms with Crippen LogP contribution in [0.1, 0.15) is 65.2 Å². The Morgan fingerprint density at radius 1 is 1.08 bits per heavy atom. The second-order valence-electron chi connectivity index (χ2n) is 9.66. The Bertz CT molecular complexity index is 593. The van der Waals surface area contributed by atoms with Crippen LogP contribution in [-0.4, -0.2) is 24.2 Å². The van der Waals surface area contributed by atoms with Crippen LogP contribution >= 0.6 is 0 Å². The van der Waals surface area contributed by atoms with Crippen LogP contribution in [0.25, 0.3) is 0 Å². The highest BCUT2D eigenvalue weighted by Gasteiger charge is 2.65. The minimum atomic E-state index is 0.107. The van der Waals surface area contributed by atoms with Gasteiger partial charge in [-0.15, -0.1) is 0 Å². The van der Waals surface area contributed by atoms with Crippen molar-refractivity contribution in [2.75, 3.05) is 6.61 Å². The van der Waals surface area contributed by atoms with Gasteiger partial charge in [-0.2, -0.15) is 0 Å². The van der Waals surface area contributed by atoms with Gasteiger partial charge in [0.25, 0.3) is 0 Å². The van der Waals surface area contributed by atoms with Crippen molar-refractivity contribution < 1.29 is 9.53 Å². The lowest BCUT2D eigenvalue weighted by Gasteiger charge is -2.60. The zero-order valence-electron chi connectivity index (χ0n) is 15.1. The number of hydrogen-bond acceptors (Lipinski definition) is 2. The molecule has 3 saturated carbocycles. The van der Waals surface area contributed by atoms with Crippen molar-refractivity contribution in [2.24, 2.45) is 28.6 Å². The maximum Gasteiger partial charge on any atom is 0.243 e. The summed E-state index contributed by atoms with van der Waals surface area (Å²) in [6.07, 6.45) is 14.3. The van der Waals surface area contributed by atoms with E-state index in [1.165, 1.54) is 44.9 Å². The van der Waals surface area contributed by atoms with Crippen molar-refractivity contribution in [1.82, 2.24) is 5.32 Å². The molecule has 0 aromatic carbocycles. The van der Waals surface area contributed by atoms with E-state index in [0.29, 0.717) is 11.5 Å². The molecule has 4 fully saturated rings. The first-order chi connectivity index (χ1) is 11.5. The molecule has 5 rings (SSSR count). The summed E-state index contributed by atoms with van der Waals surface area (Å²) in [5.74, 6) is 2.46. The average molecular weight is 329 g/mol. The quantitative estimate of drug-likeness (QED) is 0.733. The first-order valence-electron chi connectivity index (χ1n) is 10.1. The molecule has 1 saturated heterocycles. The standard InChI is InChI=1S/C21H31NO2/c1-19-10-8-18(23)22-17(19)5-4-14-15(19)6-11-20(2)16(14)7-12-21(20)9-3-13-24-21/h8,10,14-17H,3-7,9,11-13H2,1-2H3,(H,22,23)/t14-,15+,16+,17?,19-,20+,21+/m1/s1. The third-order valence-corrected chi connectivity index (χ3v) is 9.08. The lowest BCUT2D eigenvalue weighted by molar-refractivity contribution is -0.142. The number of hydrogen-bond donors (Lipinski definition) is 1. The normalized spacial score (nSPS) is 55.8. The fourth-order valence-corrected chi connectivity index (χ4v) is 7.77. The Morgan fingerprint density at radius 3 is 2.71 bits per heavy atom. The van der Waals surface area contributed by atoms with Gasteiger partial charge in [-0.05, 0) is 80.6 Å². The van der Waals surface area contributed by atoms with Crippen LogP contribution in [0.3, 0.4) is 0 Å². The van der Waals surface area contributed by atoms with E-state index in [4.69, 9.17) is 4.74 Å². The highest BCUT2D eigenvalue weighted by molar-refractivity contribution is 5.89. The van der Waals surface area contributed by atoms with Gasteiger partial charge >= 0.3 is 0 Å². The highest BCUT2D eigenvalue weighted by Crippen LogP contribution is 2.68. The van der Waals surface area contributed by atoms with E-state index in [2.05, 4.69) is 25.2 Å². The number of amides is 1. The van der Waals surface area contributed by atoms with Gasteiger partial charge in [0.1, 0.15) is 0 Å². The van der Waals surface area contributed by atoms with Crippen LogP contribution in [0, 0.1) is 28.6 Å². The monoisotopic (exact) mass is 329 g/mol. The van der Waals surface area contributed by atoms with E-state index < -0.39 is 0 Å². The van der Waals surface area contributed by atoms with Crippen molar-refractivity contribution in [2.45, 2.75) is 76.9 Å². The van der Waals surface area contributed by atoms with Gasteiger partial charge in [-0.3, -0.25) is 4.79 Å². The molecule has 2 heterocycles. The summed E-state index contributed by atoms with van der Waals surface area (Å²) in [5.41, 5.74) is 0.733. The molecule has 5 aliphatic rings. The summed E-state index contributed by atoms with van der Waals surface area (Å²) < 4.78 is 6.43.